The van der Waals surface area contributed by atoms with Crippen molar-refractivity contribution in [2.24, 2.45) is 5.84 Å². The molecule has 0 spiro atoms. The highest BCUT2D eigenvalue weighted by Crippen LogP contribution is 2.32. The van der Waals surface area contributed by atoms with Crippen molar-refractivity contribution in [2.45, 2.75) is 19.9 Å². The number of anilines is 1. The fourth-order valence-electron chi connectivity index (χ4n) is 2.65. The molecular weight excluding hydrogens is 289 g/mol. The van der Waals surface area contributed by atoms with E-state index in [9.17, 15) is 9.18 Å². The van der Waals surface area contributed by atoms with Crippen molar-refractivity contribution in [3.05, 3.63) is 51.0 Å². The molecule has 3 N–H and O–H groups in total. The summed E-state index contributed by atoms with van der Waals surface area (Å²) in [7, 11) is 0. The SMILES string of the molecule is Cc1sc(C(=O)NN)cc1CN1CCc2ccc(F)cc21. The van der Waals surface area contributed by atoms with Gasteiger partial charge in [0, 0.05) is 23.7 Å². The highest BCUT2D eigenvalue weighted by Gasteiger charge is 2.21. The number of nitrogen functional groups attached to an aromatic ring is 1. The third-order valence-electron chi connectivity index (χ3n) is 3.78. The van der Waals surface area contributed by atoms with Gasteiger partial charge in [0.2, 0.25) is 0 Å². The van der Waals surface area contributed by atoms with Crippen LogP contribution in [0.4, 0.5) is 10.1 Å². The molecule has 1 aromatic carbocycles. The minimum atomic E-state index is -0.276. The van der Waals surface area contributed by atoms with Crippen molar-refractivity contribution < 1.29 is 9.18 Å². The summed E-state index contributed by atoms with van der Waals surface area (Å²) in [6, 6.07) is 6.79. The molecule has 0 radical (unpaired) electrons. The molecule has 2 aromatic rings. The summed E-state index contributed by atoms with van der Waals surface area (Å²) in [5.74, 6) is 4.67. The van der Waals surface area contributed by atoms with Crippen molar-refractivity contribution in [3.63, 3.8) is 0 Å². The van der Waals surface area contributed by atoms with E-state index >= 15 is 0 Å². The molecule has 0 aliphatic carbocycles. The van der Waals surface area contributed by atoms with Gasteiger partial charge in [0.05, 0.1) is 4.88 Å². The second-order valence-electron chi connectivity index (χ2n) is 5.11. The number of thiophene rings is 1. The molecule has 0 atom stereocenters. The van der Waals surface area contributed by atoms with E-state index in [1.54, 1.807) is 6.07 Å². The second kappa shape index (κ2) is 5.46. The van der Waals surface area contributed by atoms with Gasteiger partial charge in [-0.25, -0.2) is 10.2 Å². The van der Waals surface area contributed by atoms with Crippen molar-refractivity contribution in [2.75, 3.05) is 11.4 Å². The topological polar surface area (TPSA) is 58.4 Å². The first-order valence-corrected chi connectivity index (χ1v) is 7.54. The Hall–Kier alpha value is -1.92. The van der Waals surface area contributed by atoms with E-state index in [2.05, 4.69) is 10.3 Å². The van der Waals surface area contributed by atoms with Crippen LogP contribution in [0.2, 0.25) is 0 Å². The predicted octanol–water partition coefficient (Wildman–Crippen LogP) is 2.36. The van der Waals surface area contributed by atoms with Crippen LogP contribution >= 0.6 is 11.3 Å². The van der Waals surface area contributed by atoms with Gasteiger partial charge < -0.3 is 4.90 Å². The molecule has 3 rings (SSSR count). The molecule has 4 nitrogen and oxygen atoms in total. The van der Waals surface area contributed by atoms with Crippen molar-refractivity contribution in [3.8, 4) is 0 Å². The lowest BCUT2D eigenvalue weighted by Gasteiger charge is -2.19. The molecule has 2 heterocycles. The monoisotopic (exact) mass is 305 g/mol. The van der Waals surface area contributed by atoms with Gasteiger partial charge in [-0.05, 0) is 42.7 Å². The van der Waals surface area contributed by atoms with Gasteiger partial charge >= 0.3 is 0 Å². The largest absolute Gasteiger partial charge is 0.367 e. The van der Waals surface area contributed by atoms with Crippen LogP contribution in [-0.2, 0) is 13.0 Å². The Balaban J connectivity index is 1.84. The zero-order chi connectivity index (χ0) is 15.0. The number of carbonyl (C=O) groups is 1. The third-order valence-corrected chi connectivity index (χ3v) is 4.87. The molecule has 0 saturated carbocycles. The molecule has 0 saturated heterocycles. The van der Waals surface area contributed by atoms with Crippen LogP contribution < -0.4 is 16.2 Å². The van der Waals surface area contributed by atoms with E-state index < -0.39 is 0 Å². The van der Waals surface area contributed by atoms with Crippen LogP contribution in [0.5, 0.6) is 0 Å². The summed E-state index contributed by atoms with van der Waals surface area (Å²) in [6.07, 6.45) is 0.926. The van der Waals surface area contributed by atoms with Gasteiger partial charge in [-0.3, -0.25) is 10.2 Å². The number of hydrogen-bond donors (Lipinski definition) is 2. The Morgan fingerprint density at radius 2 is 2.29 bits per heavy atom. The molecule has 110 valence electrons. The van der Waals surface area contributed by atoms with Crippen LogP contribution in [0.1, 0.15) is 25.7 Å². The zero-order valence-electron chi connectivity index (χ0n) is 11.6. The Morgan fingerprint density at radius 1 is 1.48 bits per heavy atom. The third kappa shape index (κ3) is 2.64. The van der Waals surface area contributed by atoms with E-state index in [1.165, 1.54) is 23.0 Å². The fourth-order valence-corrected chi connectivity index (χ4v) is 3.59. The number of hydrazine groups is 1. The first kappa shape index (κ1) is 14.0. The standard InChI is InChI=1S/C15H16FN3OS/c1-9-11(6-14(21-9)15(20)18-17)8-19-5-4-10-2-3-12(16)7-13(10)19/h2-3,6-7H,4-5,8,17H2,1H3,(H,18,20). The molecule has 1 aliphatic heterocycles. The van der Waals surface area contributed by atoms with Crippen molar-refractivity contribution in [1.29, 1.82) is 0 Å². The van der Waals surface area contributed by atoms with Crippen molar-refractivity contribution >= 4 is 22.9 Å². The maximum Gasteiger partial charge on any atom is 0.275 e. The van der Waals surface area contributed by atoms with E-state index in [0.717, 1.165) is 29.1 Å². The van der Waals surface area contributed by atoms with Gasteiger partial charge in [0.25, 0.3) is 5.91 Å². The van der Waals surface area contributed by atoms with Gasteiger partial charge in [0.15, 0.2) is 0 Å². The molecule has 6 heteroatoms. The lowest BCUT2D eigenvalue weighted by atomic mass is 10.1. The van der Waals surface area contributed by atoms with Gasteiger partial charge in [-0.1, -0.05) is 6.07 Å². The number of rotatable bonds is 3. The summed E-state index contributed by atoms with van der Waals surface area (Å²) < 4.78 is 13.4. The van der Waals surface area contributed by atoms with Crippen LogP contribution in [-0.4, -0.2) is 12.5 Å². The average Bonchev–Trinajstić information content (AvgIpc) is 3.03. The van der Waals surface area contributed by atoms with Crippen molar-refractivity contribution in [1.82, 2.24) is 5.43 Å². The van der Waals surface area contributed by atoms with Gasteiger partial charge in [-0.2, -0.15) is 0 Å². The Bertz CT molecular complexity index is 698. The summed E-state index contributed by atoms with van der Waals surface area (Å²) in [5.41, 5.74) is 5.35. The lowest BCUT2D eigenvalue weighted by Crippen LogP contribution is -2.29. The number of amides is 1. The average molecular weight is 305 g/mol. The Morgan fingerprint density at radius 3 is 3.05 bits per heavy atom. The first-order chi connectivity index (χ1) is 10.1. The predicted molar refractivity (Wildman–Crippen MR) is 81.9 cm³/mol. The van der Waals surface area contributed by atoms with Crippen LogP contribution in [0, 0.1) is 12.7 Å². The number of fused-ring (bicyclic) bond motifs is 1. The zero-order valence-corrected chi connectivity index (χ0v) is 12.5. The van der Waals surface area contributed by atoms with Crippen LogP contribution in [0.3, 0.4) is 0 Å². The highest BCUT2D eigenvalue weighted by atomic mass is 32.1. The number of hydrogen-bond acceptors (Lipinski definition) is 4. The molecule has 0 bridgehead atoms. The number of aryl methyl sites for hydroxylation is 1. The Kier molecular flexibility index (Phi) is 3.65. The summed E-state index contributed by atoms with van der Waals surface area (Å²) in [4.78, 5) is 15.4. The van der Waals surface area contributed by atoms with Gasteiger partial charge in [0.1, 0.15) is 5.82 Å². The molecule has 0 fully saturated rings. The summed E-state index contributed by atoms with van der Waals surface area (Å²) in [6.45, 7) is 3.53. The van der Waals surface area contributed by atoms with Gasteiger partial charge in [-0.15, -0.1) is 11.3 Å². The van der Waals surface area contributed by atoms with E-state index in [-0.39, 0.29) is 11.7 Å². The number of nitrogens with zero attached hydrogens (tertiary/aromatic N) is 1. The smallest absolute Gasteiger partial charge is 0.275 e. The summed E-state index contributed by atoms with van der Waals surface area (Å²) in [5, 5.41) is 0. The van der Waals surface area contributed by atoms with E-state index in [4.69, 9.17) is 5.84 Å². The maximum atomic E-state index is 13.4. The number of nitrogens with two attached hydrogens (primary N) is 1. The molecule has 1 aromatic heterocycles. The van der Waals surface area contributed by atoms with Crippen LogP contribution in [0.15, 0.2) is 24.3 Å². The molecule has 21 heavy (non-hydrogen) atoms. The molecule has 1 amide bonds. The lowest BCUT2D eigenvalue weighted by molar-refractivity contribution is 0.0957. The quantitative estimate of drug-likeness (QED) is 0.520. The molecule has 0 unspecified atom stereocenters. The maximum absolute atomic E-state index is 13.4. The van der Waals surface area contributed by atoms with E-state index in [1.807, 2.05) is 19.1 Å². The highest BCUT2D eigenvalue weighted by molar-refractivity contribution is 7.14. The Labute approximate surface area is 126 Å². The van der Waals surface area contributed by atoms with Crippen LogP contribution in [0.25, 0.3) is 0 Å². The number of halogens is 1. The first-order valence-electron chi connectivity index (χ1n) is 6.72. The molecular formula is C15H16FN3OS. The summed E-state index contributed by atoms with van der Waals surface area (Å²) >= 11 is 1.42. The minimum absolute atomic E-state index is 0.217. The minimum Gasteiger partial charge on any atom is -0.367 e. The fraction of sp³-hybridized carbons (Fsp3) is 0.267. The molecule has 1 aliphatic rings. The number of benzene rings is 1. The van der Waals surface area contributed by atoms with E-state index in [0.29, 0.717) is 11.4 Å². The normalized spacial score (nSPS) is 13.4. The number of carbonyl (C=O) groups excluding carboxylic acids is 1. The second-order valence-corrected chi connectivity index (χ2v) is 6.37. The number of nitrogens with one attached hydrogen (secondary N) is 1.